The number of carbonyl (C=O) groups excluding carboxylic acids is 1. The third kappa shape index (κ3) is 3.26. The monoisotopic (exact) mass is 345 g/mol. The van der Waals surface area contributed by atoms with Crippen molar-refractivity contribution in [3.05, 3.63) is 64.7 Å². The number of amides is 1. The van der Waals surface area contributed by atoms with E-state index in [1.165, 1.54) is 18.2 Å². The predicted molar refractivity (Wildman–Crippen MR) is 92.8 cm³/mol. The van der Waals surface area contributed by atoms with Crippen molar-refractivity contribution < 1.29 is 9.18 Å². The molecule has 0 aliphatic carbocycles. The van der Waals surface area contributed by atoms with E-state index in [-0.39, 0.29) is 10.6 Å². The van der Waals surface area contributed by atoms with E-state index >= 15 is 0 Å². The molecule has 0 atom stereocenters. The molecule has 3 rings (SSSR count). The molecule has 2 aromatic carbocycles. The maximum atomic E-state index is 13.7. The summed E-state index contributed by atoms with van der Waals surface area (Å²) in [5.74, 6) is -0.179. The topological polar surface area (TPSA) is 46.9 Å². The Morgan fingerprint density at radius 2 is 2.04 bits per heavy atom. The van der Waals surface area contributed by atoms with Crippen LogP contribution < -0.4 is 5.32 Å². The Labute approximate surface area is 144 Å². The lowest BCUT2D eigenvalue weighted by atomic mass is 10.2. The Morgan fingerprint density at radius 1 is 1.25 bits per heavy atom. The molecule has 1 aromatic heterocycles. The van der Waals surface area contributed by atoms with Gasteiger partial charge in [0.1, 0.15) is 11.6 Å². The first-order valence-corrected chi connectivity index (χ1v) is 8.10. The van der Waals surface area contributed by atoms with Gasteiger partial charge in [-0.05, 0) is 37.6 Å². The number of hydrogen-bond donors (Lipinski definition) is 1. The van der Waals surface area contributed by atoms with Crippen LogP contribution in [0.3, 0.4) is 0 Å². The molecule has 0 radical (unpaired) electrons. The van der Waals surface area contributed by atoms with Gasteiger partial charge in [0.25, 0.3) is 5.91 Å². The lowest BCUT2D eigenvalue weighted by molar-refractivity contribution is 0.0949. The molecule has 4 nitrogen and oxygen atoms in total. The molecule has 0 fully saturated rings. The fourth-order valence-electron chi connectivity index (χ4n) is 2.72. The van der Waals surface area contributed by atoms with Crippen LogP contribution in [0.1, 0.15) is 22.6 Å². The Hall–Kier alpha value is -2.40. The molecule has 1 N–H and O–H groups in total. The molecule has 0 unspecified atom stereocenters. The van der Waals surface area contributed by atoms with E-state index in [1.807, 2.05) is 31.2 Å². The summed E-state index contributed by atoms with van der Waals surface area (Å²) >= 11 is 5.89. The number of aryl methyl sites for hydroxylation is 2. The highest BCUT2D eigenvalue weighted by molar-refractivity contribution is 6.33. The Bertz CT molecular complexity index is 871. The maximum Gasteiger partial charge on any atom is 0.255 e. The van der Waals surface area contributed by atoms with Crippen molar-refractivity contribution >= 4 is 28.5 Å². The van der Waals surface area contributed by atoms with Crippen molar-refractivity contribution in [2.24, 2.45) is 0 Å². The highest BCUT2D eigenvalue weighted by Gasteiger charge is 2.15. The zero-order valence-corrected chi connectivity index (χ0v) is 14.0. The third-order valence-electron chi connectivity index (χ3n) is 3.88. The summed E-state index contributed by atoms with van der Waals surface area (Å²) in [4.78, 5) is 16.6. The number of carbonyl (C=O) groups is 1. The number of aromatic nitrogens is 2. The minimum absolute atomic E-state index is 0.108. The smallest absolute Gasteiger partial charge is 0.255 e. The summed E-state index contributed by atoms with van der Waals surface area (Å²) in [7, 11) is 0. The first-order valence-electron chi connectivity index (χ1n) is 7.72. The van der Waals surface area contributed by atoms with Crippen LogP contribution >= 0.6 is 11.6 Å². The van der Waals surface area contributed by atoms with Gasteiger partial charge in [-0.2, -0.15) is 0 Å². The maximum absolute atomic E-state index is 13.7. The zero-order valence-electron chi connectivity index (χ0n) is 13.2. The first kappa shape index (κ1) is 16.5. The van der Waals surface area contributed by atoms with Crippen LogP contribution in [0.5, 0.6) is 0 Å². The van der Waals surface area contributed by atoms with Gasteiger partial charge in [0, 0.05) is 13.1 Å². The fraction of sp³-hybridized carbons (Fsp3) is 0.222. The summed E-state index contributed by atoms with van der Waals surface area (Å²) in [6, 6.07) is 12.1. The van der Waals surface area contributed by atoms with Gasteiger partial charge in [0.2, 0.25) is 0 Å². The number of benzene rings is 2. The minimum Gasteiger partial charge on any atom is -0.352 e. The number of nitrogens with one attached hydrogen (secondary N) is 1. The Balaban J connectivity index is 1.61. The first-order chi connectivity index (χ1) is 11.6. The van der Waals surface area contributed by atoms with Gasteiger partial charge in [0.15, 0.2) is 0 Å². The van der Waals surface area contributed by atoms with Gasteiger partial charge in [-0.25, -0.2) is 9.37 Å². The van der Waals surface area contributed by atoms with Crippen LogP contribution in [0.25, 0.3) is 11.0 Å². The van der Waals surface area contributed by atoms with Gasteiger partial charge in [0.05, 0.1) is 21.6 Å². The quantitative estimate of drug-likeness (QED) is 0.711. The summed E-state index contributed by atoms with van der Waals surface area (Å²) < 4.78 is 15.8. The van der Waals surface area contributed by atoms with E-state index in [4.69, 9.17) is 11.6 Å². The average Bonchev–Trinajstić information content (AvgIpc) is 2.87. The van der Waals surface area contributed by atoms with Gasteiger partial charge >= 0.3 is 0 Å². The Morgan fingerprint density at radius 3 is 2.83 bits per heavy atom. The lowest BCUT2D eigenvalue weighted by Crippen LogP contribution is -2.26. The Kier molecular flexibility index (Phi) is 4.81. The van der Waals surface area contributed by atoms with E-state index < -0.39 is 11.7 Å². The molecule has 1 heterocycles. The molecule has 0 bridgehead atoms. The number of hydrogen-bond acceptors (Lipinski definition) is 2. The number of nitrogens with zero attached hydrogens (tertiary/aromatic N) is 2. The van der Waals surface area contributed by atoms with Crippen LogP contribution in [0.4, 0.5) is 4.39 Å². The lowest BCUT2D eigenvalue weighted by Gasteiger charge is -2.09. The van der Waals surface area contributed by atoms with Gasteiger partial charge in [-0.3, -0.25) is 4.79 Å². The minimum atomic E-state index is -0.614. The molecule has 0 saturated carbocycles. The fourth-order valence-corrected chi connectivity index (χ4v) is 2.97. The molecular weight excluding hydrogens is 329 g/mol. The standard InChI is InChI=1S/C18H17ClFN3O/c1-12-22-15-8-2-3-9-16(15)23(12)11-5-10-21-18(24)17-13(19)6-4-7-14(17)20/h2-4,6-9H,5,10-11H2,1H3,(H,21,24). The van der Waals surface area contributed by atoms with E-state index in [9.17, 15) is 9.18 Å². The molecule has 0 aliphatic heterocycles. The van der Waals surface area contributed by atoms with Crippen LogP contribution in [-0.4, -0.2) is 22.0 Å². The predicted octanol–water partition coefficient (Wildman–Crippen LogP) is 3.96. The van der Waals surface area contributed by atoms with Gasteiger partial charge in [-0.1, -0.05) is 29.8 Å². The van der Waals surface area contributed by atoms with Crippen molar-refractivity contribution in [2.75, 3.05) is 6.54 Å². The number of rotatable bonds is 5. The van der Waals surface area contributed by atoms with Crippen molar-refractivity contribution in [1.29, 1.82) is 0 Å². The van der Waals surface area contributed by atoms with Gasteiger partial charge in [-0.15, -0.1) is 0 Å². The van der Waals surface area contributed by atoms with Crippen LogP contribution in [0.2, 0.25) is 5.02 Å². The molecule has 6 heteroatoms. The second-order valence-electron chi connectivity index (χ2n) is 5.51. The van der Waals surface area contributed by atoms with E-state index in [0.717, 1.165) is 23.4 Å². The number of halogens is 2. The molecule has 1 amide bonds. The van der Waals surface area contributed by atoms with E-state index in [2.05, 4.69) is 14.9 Å². The SMILES string of the molecule is Cc1nc2ccccc2n1CCCNC(=O)c1c(F)cccc1Cl. The highest BCUT2D eigenvalue weighted by atomic mass is 35.5. The molecule has 124 valence electrons. The summed E-state index contributed by atoms with van der Waals surface area (Å²) in [6.45, 7) is 3.10. The van der Waals surface area contributed by atoms with E-state index in [1.54, 1.807) is 0 Å². The molecule has 0 saturated heterocycles. The van der Waals surface area contributed by atoms with Crippen LogP contribution in [0.15, 0.2) is 42.5 Å². The molecular formula is C18H17ClFN3O. The summed E-state index contributed by atoms with van der Waals surface area (Å²) in [5, 5.41) is 2.83. The molecule has 0 spiro atoms. The third-order valence-corrected chi connectivity index (χ3v) is 4.19. The van der Waals surface area contributed by atoms with Gasteiger partial charge < -0.3 is 9.88 Å². The largest absolute Gasteiger partial charge is 0.352 e. The number of imidazole rings is 1. The van der Waals surface area contributed by atoms with Crippen molar-refractivity contribution in [3.63, 3.8) is 0 Å². The van der Waals surface area contributed by atoms with Crippen molar-refractivity contribution in [3.8, 4) is 0 Å². The summed E-state index contributed by atoms with van der Waals surface area (Å²) in [5.41, 5.74) is 1.92. The molecule has 3 aromatic rings. The number of fused-ring (bicyclic) bond motifs is 1. The van der Waals surface area contributed by atoms with Crippen molar-refractivity contribution in [2.45, 2.75) is 19.9 Å². The normalized spacial score (nSPS) is 11.0. The highest BCUT2D eigenvalue weighted by Crippen LogP contribution is 2.19. The average molecular weight is 346 g/mol. The number of para-hydroxylation sites is 2. The van der Waals surface area contributed by atoms with E-state index in [0.29, 0.717) is 13.0 Å². The van der Waals surface area contributed by atoms with Crippen molar-refractivity contribution in [1.82, 2.24) is 14.9 Å². The second kappa shape index (κ2) is 7.01. The zero-order chi connectivity index (χ0) is 17.1. The molecule has 0 aliphatic rings. The second-order valence-corrected chi connectivity index (χ2v) is 5.91. The molecule has 24 heavy (non-hydrogen) atoms. The van der Waals surface area contributed by atoms with Crippen LogP contribution in [-0.2, 0) is 6.54 Å². The summed E-state index contributed by atoms with van der Waals surface area (Å²) in [6.07, 6.45) is 0.707. The van der Waals surface area contributed by atoms with Crippen LogP contribution in [0, 0.1) is 12.7 Å².